The van der Waals surface area contributed by atoms with Crippen LogP contribution in [0.15, 0.2) is 41.6 Å². The number of rotatable bonds is 3. The third-order valence-corrected chi connectivity index (χ3v) is 3.32. The van der Waals surface area contributed by atoms with Gasteiger partial charge in [-0.05, 0) is 29.0 Å². The van der Waals surface area contributed by atoms with Gasteiger partial charge in [-0.2, -0.15) is 0 Å². The molecular weight excluding hydrogens is 242 g/mol. The van der Waals surface area contributed by atoms with E-state index in [0.29, 0.717) is 6.42 Å². The summed E-state index contributed by atoms with van der Waals surface area (Å²) in [7, 11) is 1.66. The zero-order chi connectivity index (χ0) is 13.2. The average Bonchev–Trinajstić information content (AvgIpc) is 2.95. The molecule has 0 aliphatic carbocycles. The Kier molecular flexibility index (Phi) is 3.09. The number of oxime groups is 1. The second-order valence-electron chi connectivity index (χ2n) is 4.58. The minimum absolute atomic E-state index is 0.00220. The number of nitrogens with zero attached hydrogens (tertiary/aromatic N) is 1. The normalized spacial score (nSPS) is 18.2. The van der Waals surface area contributed by atoms with E-state index in [9.17, 15) is 0 Å². The lowest BCUT2D eigenvalue weighted by Crippen LogP contribution is -2.12. The highest BCUT2D eigenvalue weighted by atomic mass is 16.6. The highest BCUT2D eigenvalue weighted by Gasteiger charge is 2.21. The molecule has 1 aliphatic rings. The molecule has 0 saturated heterocycles. The van der Waals surface area contributed by atoms with Crippen molar-refractivity contribution in [1.29, 1.82) is 0 Å². The van der Waals surface area contributed by atoms with Crippen LogP contribution < -0.4 is 4.74 Å². The zero-order valence-electron chi connectivity index (χ0n) is 10.7. The molecule has 1 N–H and O–H groups in total. The van der Waals surface area contributed by atoms with Gasteiger partial charge in [-0.1, -0.05) is 23.4 Å². The van der Waals surface area contributed by atoms with Gasteiger partial charge in [-0.25, -0.2) is 0 Å². The molecule has 1 unspecified atom stereocenters. The van der Waals surface area contributed by atoms with Gasteiger partial charge in [0.25, 0.3) is 0 Å². The Hall–Kier alpha value is -2.07. The number of fused-ring (bicyclic) bond motifs is 1. The van der Waals surface area contributed by atoms with E-state index in [1.54, 1.807) is 7.11 Å². The Morgan fingerprint density at radius 1 is 1.26 bits per heavy atom. The van der Waals surface area contributed by atoms with Crippen molar-refractivity contribution in [2.45, 2.75) is 12.5 Å². The van der Waals surface area contributed by atoms with Gasteiger partial charge in [-0.15, -0.1) is 0 Å². The second kappa shape index (κ2) is 4.90. The van der Waals surface area contributed by atoms with Gasteiger partial charge in [0, 0.05) is 12.0 Å². The predicted molar refractivity (Wildman–Crippen MR) is 73.6 cm³/mol. The molecule has 0 aromatic heterocycles. The van der Waals surface area contributed by atoms with E-state index < -0.39 is 0 Å². The van der Waals surface area contributed by atoms with Crippen molar-refractivity contribution in [1.82, 2.24) is 0 Å². The molecule has 4 nitrogen and oxygen atoms in total. The number of hydrogen-bond acceptors (Lipinski definition) is 4. The van der Waals surface area contributed by atoms with E-state index in [2.05, 4.69) is 11.2 Å². The quantitative estimate of drug-likeness (QED) is 0.918. The van der Waals surface area contributed by atoms with Crippen LogP contribution in [-0.2, 0) is 4.84 Å². The van der Waals surface area contributed by atoms with E-state index >= 15 is 0 Å². The molecule has 0 amide bonds. The fourth-order valence-corrected chi connectivity index (χ4v) is 2.23. The van der Waals surface area contributed by atoms with Crippen molar-refractivity contribution in [2.24, 2.45) is 5.16 Å². The SMILES string of the molecule is COc1ccc2cc(C3=NOC(CO)C3)ccc2c1. The Bertz CT molecular complexity index is 636. The summed E-state index contributed by atoms with van der Waals surface area (Å²) in [5.74, 6) is 0.849. The average molecular weight is 257 g/mol. The minimum Gasteiger partial charge on any atom is -0.497 e. The van der Waals surface area contributed by atoms with Gasteiger partial charge >= 0.3 is 0 Å². The summed E-state index contributed by atoms with van der Waals surface area (Å²) < 4.78 is 5.21. The summed E-state index contributed by atoms with van der Waals surface area (Å²) in [6.45, 7) is -0.00220. The standard InChI is InChI=1S/C15H15NO3/c1-18-13-5-4-10-6-12(3-2-11(10)7-13)15-8-14(9-17)19-16-15/h2-7,14,17H,8-9H2,1H3. The van der Waals surface area contributed by atoms with Gasteiger partial charge in [-0.3, -0.25) is 0 Å². The van der Waals surface area contributed by atoms with Crippen molar-refractivity contribution in [3.05, 3.63) is 42.0 Å². The molecule has 2 aromatic rings. The van der Waals surface area contributed by atoms with Crippen LogP contribution >= 0.6 is 0 Å². The summed E-state index contributed by atoms with van der Waals surface area (Å²) in [5, 5.41) is 15.3. The van der Waals surface area contributed by atoms with Crippen molar-refractivity contribution < 1.29 is 14.7 Å². The summed E-state index contributed by atoms with van der Waals surface area (Å²) in [4.78, 5) is 5.14. The van der Waals surface area contributed by atoms with E-state index in [4.69, 9.17) is 14.7 Å². The van der Waals surface area contributed by atoms with Crippen molar-refractivity contribution in [3.8, 4) is 5.75 Å². The fraction of sp³-hybridized carbons (Fsp3) is 0.267. The molecule has 0 fully saturated rings. The van der Waals surface area contributed by atoms with Crippen LogP contribution in [0.3, 0.4) is 0 Å². The van der Waals surface area contributed by atoms with Crippen molar-refractivity contribution >= 4 is 16.5 Å². The molecule has 0 bridgehead atoms. The Balaban J connectivity index is 1.94. The van der Waals surface area contributed by atoms with E-state index in [1.165, 1.54) is 0 Å². The first kappa shape index (κ1) is 12.0. The molecule has 98 valence electrons. The second-order valence-corrected chi connectivity index (χ2v) is 4.58. The molecule has 0 radical (unpaired) electrons. The van der Waals surface area contributed by atoms with Crippen LogP contribution in [-0.4, -0.2) is 30.6 Å². The summed E-state index contributed by atoms with van der Waals surface area (Å²) in [5.41, 5.74) is 1.92. The summed E-state index contributed by atoms with van der Waals surface area (Å²) in [6.07, 6.45) is 0.444. The lowest BCUT2D eigenvalue weighted by molar-refractivity contribution is 0.0390. The molecule has 1 heterocycles. The maximum atomic E-state index is 9.05. The first-order valence-electron chi connectivity index (χ1n) is 6.22. The largest absolute Gasteiger partial charge is 0.497 e. The number of aliphatic hydroxyl groups excluding tert-OH is 1. The molecule has 19 heavy (non-hydrogen) atoms. The monoisotopic (exact) mass is 257 g/mol. The molecule has 2 aromatic carbocycles. The first-order chi connectivity index (χ1) is 9.30. The predicted octanol–water partition coefficient (Wildman–Crippen LogP) is 2.33. The highest BCUT2D eigenvalue weighted by Crippen LogP contribution is 2.24. The maximum Gasteiger partial charge on any atom is 0.156 e. The molecule has 1 aliphatic heterocycles. The van der Waals surface area contributed by atoms with Crippen LogP contribution in [0.2, 0.25) is 0 Å². The minimum atomic E-state index is -0.207. The van der Waals surface area contributed by atoms with Gasteiger partial charge in [0.2, 0.25) is 0 Å². The smallest absolute Gasteiger partial charge is 0.156 e. The molecule has 3 rings (SSSR count). The fourth-order valence-electron chi connectivity index (χ4n) is 2.23. The third-order valence-electron chi connectivity index (χ3n) is 3.32. The zero-order valence-corrected chi connectivity index (χ0v) is 10.7. The molecule has 4 heteroatoms. The Morgan fingerprint density at radius 3 is 2.79 bits per heavy atom. The van der Waals surface area contributed by atoms with Gasteiger partial charge in [0.05, 0.1) is 19.4 Å². The van der Waals surface area contributed by atoms with Crippen LogP contribution in [0.4, 0.5) is 0 Å². The highest BCUT2D eigenvalue weighted by molar-refractivity contribution is 6.04. The number of ether oxygens (including phenoxy) is 1. The summed E-state index contributed by atoms with van der Waals surface area (Å²) >= 11 is 0. The number of benzene rings is 2. The van der Waals surface area contributed by atoms with Crippen LogP contribution in [0.5, 0.6) is 5.75 Å². The van der Waals surface area contributed by atoms with Crippen molar-refractivity contribution in [3.63, 3.8) is 0 Å². The topological polar surface area (TPSA) is 51.0 Å². The molecule has 0 saturated carbocycles. The molecular formula is C15H15NO3. The number of aliphatic hydroxyl groups is 1. The van der Waals surface area contributed by atoms with Gasteiger partial charge in [0.15, 0.2) is 6.10 Å². The number of methoxy groups -OCH3 is 1. The maximum absolute atomic E-state index is 9.05. The van der Waals surface area contributed by atoms with E-state index in [1.807, 2.05) is 30.3 Å². The first-order valence-corrected chi connectivity index (χ1v) is 6.22. The van der Waals surface area contributed by atoms with E-state index in [-0.39, 0.29) is 12.7 Å². The Morgan fingerprint density at radius 2 is 2.05 bits per heavy atom. The molecule has 0 spiro atoms. The molecule has 1 atom stereocenters. The Labute approximate surface area is 111 Å². The van der Waals surface area contributed by atoms with Crippen LogP contribution in [0.1, 0.15) is 12.0 Å². The van der Waals surface area contributed by atoms with E-state index in [0.717, 1.165) is 27.8 Å². The lowest BCUT2D eigenvalue weighted by atomic mass is 10.0. The summed E-state index contributed by atoms with van der Waals surface area (Å²) in [6, 6.07) is 12.1. The lowest BCUT2D eigenvalue weighted by Gasteiger charge is -2.05. The van der Waals surface area contributed by atoms with Crippen molar-refractivity contribution in [2.75, 3.05) is 13.7 Å². The van der Waals surface area contributed by atoms with Gasteiger partial charge < -0.3 is 14.7 Å². The van der Waals surface area contributed by atoms with Crippen LogP contribution in [0.25, 0.3) is 10.8 Å². The number of hydrogen-bond donors (Lipinski definition) is 1. The van der Waals surface area contributed by atoms with Crippen LogP contribution in [0, 0.1) is 0 Å². The van der Waals surface area contributed by atoms with Gasteiger partial charge in [0.1, 0.15) is 5.75 Å². The third kappa shape index (κ3) is 2.27.